The minimum absolute atomic E-state index is 0.0587. The van der Waals surface area contributed by atoms with Gasteiger partial charge in [-0.3, -0.25) is 9.59 Å². The lowest BCUT2D eigenvalue weighted by Crippen LogP contribution is -2.26. The van der Waals surface area contributed by atoms with Crippen LogP contribution in [-0.2, 0) is 11.0 Å². The number of halogens is 3. The molecule has 0 N–H and O–H groups in total. The number of hydrogen-bond donors (Lipinski definition) is 0. The van der Waals surface area contributed by atoms with Crippen molar-refractivity contribution in [1.29, 1.82) is 5.26 Å². The summed E-state index contributed by atoms with van der Waals surface area (Å²) < 4.78 is 41.3. The first-order valence-corrected chi connectivity index (χ1v) is 7.36. The summed E-state index contributed by atoms with van der Waals surface area (Å²) in [7, 11) is 0. The number of alkyl halides is 3. The van der Waals surface area contributed by atoms with E-state index in [1.165, 1.54) is 12.4 Å². The minimum atomic E-state index is -4.83. The molecule has 2 aromatic rings. The number of rotatable bonds is 5. The zero-order chi connectivity index (χ0) is 18.2. The van der Waals surface area contributed by atoms with Crippen LogP contribution >= 0.6 is 0 Å². The molecule has 0 aliphatic heterocycles. The van der Waals surface area contributed by atoms with E-state index in [9.17, 15) is 22.8 Å². The monoisotopic (exact) mass is 348 g/mol. The molecule has 3 rings (SSSR count). The molecule has 1 saturated carbocycles. The lowest BCUT2D eigenvalue weighted by molar-refractivity contribution is -0.138. The molecule has 1 aliphatic rings. The third-order valence-corrected chi connectivity index (χ3v) is 3.91. The lowest BCUT2D eigenvalue weighted by atomic mass is 9.90. The SMILES string of the molecule is N#CC(C(=O)c1ccc(-n2cncn2)cc1C(F)(F)F)C(=O)C1CC1. The maximum Gasteiger partial charge on any atom is 0.417 e. The number of Topliss-reactive ketones (excluding diaryl/α,β-unsaturated/α-hetero) is 2. The van der Waals surface area contributed by atoms with Crippen LogP contribution in [0.3, 0.4) is 0 Å². The molecule has 0 amide bonds. The third-order valence-electron chi connectivity index (χ3n) is 3.91. The minimum Gasteiger partial charge on any atom is -0.297 e. The van der Waals surface area contributed by atoms with Crippen LogP contribution in [0.1, 0.15) is 28.8 Å². The summed E-state index contributed by atoms with van der Waals surface area (Å²) in [6.07, 6.45) is -1.34. The summed E-state index contributed by atoms with van der Waals surface area (Å²) in [5, 5.41) is 12.9. The molecule has 6 nitrogen and oxygen atoms in total. The van der Waals surface area contributed by atoms with E-state index in [1.54, 1.807) is 6.07 Å². The molecule has 1 aromatic heterocycles. The van der Waals surface area contributed by atoms with Crippen LogP contribution < -0.4 is 0 Å². The first kappa shape index (κ1) is 16.8. The average Bonchev–Trinajstić information content (AvgIpc) is 3.28. The molecule has 1 aromatic carbocycles. The van der Waals surface area contributed by atoms with Crippen LogP contribution in [0.2, 0.25) is 0 Å². The fourth-order valence-corrected chi connectivity index (χ4v) is 2.48. The van der Waals surface area contributed by atoms with E-state index in [-0.39, 0.29) is 5.69 Å². The predicted octanol–water partition coefficient (Wildman–Crippen LogP) is 2.59. The van der Waals surface area contributed by atoms with Crippen LogP contribution in [0.4, 0.5) is 13.2 Å². The van der Waals surface area contributed by atoms with Crippen molar-refractivity contribution < 1.29 is 22.8 Å². The predicted molar refractivity (Wildman–Crippen MR) is 77.5 cm³/mol. The number of ketones is 2. The molecule has 1 atom stereocenters. The van der Waals surface area contributed by atoms with Crippen molar-refractivity contribution in [3.05, 3.63) is 42.0 Å². The van der Waals surface area contributed by atoms with E-state index in [0.717, 1.165) is 23.1 Å². The highest BCUT2D eigenvalue weighted by Crippen LogP contribution is 2.37. The molecule has 1 fully saturated rings. The molecule has 25 heavy (non-hydrogen) atoms. The Bertz CT molecular complexity index is 864. The standard InChI is InChI=1S/C16H11F3N4O2/c17-16(18,19)13-5-10(23-8-21-7-22-23)3-4-11(13)15(25)12(6-20)14(24)9-1-2-9/h3-5,7-9,12H,1-2H2. The van der Waals surface area contributed by atoms with Gasteiger partial charge in [0.25, 0.3) is 0 Å². The number of hydrogen-bond acceptors (Lipinski definition) is 5. The van der Waals surface area contributed by atoms with E-state index in [2.05, 4.69) is 10.1 Å². The Labute approximate surface area is 139 Å². The van der Waals surface area contributed by atoms with Crippen molar-refractivity contribution in [2.45, 2.75) is 19.0 Å². The van der Waals surface area contributed by atoms with Crippen molar-refractivity contribution in [2.75, 3.05) is 0 Å². The lowest BCUT2D eigenvalue weighted by Gasteiger charge is -2.15. The van der Waals surface area contributed by atoms with Crippen molar-refractivity contribution in [1.82, 2.24) is 14.8 Å². The van der Waals surface area contributed by atoms with Gasteiger partial charge in [0.15, 0.2) is 17.5 Å². The smallest absolute Gasteiger partial charge is 0.297 e. The van der Waals surface area contributed by atoms with Gasteiger partial charge in [-0.25, -0.2) is 9.67 Å². The topological polar surface area (TPSA) is 88.6 Å². The van der Waals surface area contributed by atoms with Gasteiger partial charge in [0, 0.05) is 11.5 Å². The molecule has 0 radical (unpaired) electrons. The Morgan fingerprint density at radius 2 is 2.04 bits per heavy atom. The first-order chi connectivity index (χ1) is 11.8. The van der Waals surface area contributed by atoms with Gasteiger partial charge < -0.3 is 0 Å². The van der Waals surface area contributed by atoms with Gasteiger partial charge in [-0.1, -0.05) is 0 Å². The molecule has 1 aliphatic carbocycles. The van der Waals surface area contributed by atoms with Crippen LogP contribution in [0.25, 0.3) is 5.69 Å². The Morgan fingerprint density at radius 1 is 1.32 bits per heavy atom. The van der Waals surface area contributed by atoms with Gasteiger partial charge in [0.1, 0.15) is 12.7 Å². The molecule has 0 spiro atoms. The fourth-order valence-electron chi connectivity index (χ4n) is 2.48. The highest BCUT2D eigenvalue weighted by atomic mass is 19.4. The number of benzene rings is 1. The van der Waals surface area contributed by atoms with E-state index in [1.807, 2.05) is 0 Å². The zero-order valence-electron chi connectivity index (χ0n) is 12.7. The van der Waals surface area contributed by atoms with E-state index >= 15 is 0 Å². The highest BCUT2D eigenvalue weighted by molar-refractivity contribution is 6.14. The maximum atomic E-state index is 13.4. The summed E-state index contributed by atoms with van der Waals surface area (Å²) in [6, 6.07) is 4.52. The second-order valence-corrected chi connectivity index (χ2v) is 5.67. The molecular formula is C16H11F3N4O2. The average molecular weight is 348 g/mol. The normalized spacial score (nSPS) is 15.4. The summed E-state index contributed by atoms with van der Waals surface area (Å²) >= 11 is 0. The number of carbonyl (C=O) groups excluding carboxylic acids is 2. The Morgan fingerprint density at radius 3 is 2.56 bits per heavy atom. The molecule has 9 heteroatoms. The van der Waals surface area contributed by atoms with E-state index < -0.39 is 40.7 Å². The highest BCUT2D eigenvalue weighted by Gasteiger charge is 2.42. The van der Waals surface area contributed by atoms with Gasteiger partial charge >= 0.3 is 6.18 Å². The largest absolute Gasteiger partial charge is 0.417 e. The van der Waals surface area contributed by atoms with Gasteiger partial charge in [0.05, 0.1) is 17.3 Å². The summed E-state index contributed by atoms with van der Waals surface area (Å²) in [5.41, 5.74) is -1.85. The quantitative estimate of drug-likeness (QED) is 0.612. The van der Waals surface area contributed by atoms with Crippen LogP contribution in [0, 0.1) is 23.2 Å². The molecular weight excluding hydrogens is 337 g/mol. The zero-order valence-corrected chi connectivity index (χ0v) is 12.7. The first-order valence-electron chi connectivity index (χ1n) is 7.36. The third kappa shape index (κ3) is 3.28. The maximum absolute atomic E-state index is 13.4. The molecule has 0 saturated heterocycles. The van der Waals surface area contributed by atoms with Crippen LogP contribution in [0.15, 0.2) is 30.9 Å². The van der Waals surface area contributed by atoms with Crippen molar-refractivity contribution in [3.8, 4) is 11.8 Å². The van der Waals surface area contributed by atoms with Gasteiger partial charge in [-0.05, 0) is 31.0 Å². The summed E-state index contributed by atoms with van der Waals surface area (Å²) in [4.78, 5) is 28.1. The second-order valence-electron chi connectivity index (χ2n) is 5.67. The van der Waals surface area contributed by atoms with Crippen molar-refractivity contribution in [3.63, 3.8) is 0 Å². The number of nitriles is 1. The van der Waals surface area contributed by atoms with E-state index in [0.29, 0.717) is 12.8 Å². The van der Waals surface area contributed by atoms with Crippen LogP contribution in [0.5, 0.6) is 0 Å². The molecule has 1 unspecified atom stereocenters. The van der Waals surface area contributed by atoms with Crippen molar-refractivity contribution >= 4 is 11.6 Å². The Hall–Kier alpha value is -3.02. The molecule has 0 bridgehead atoms. The summed E-state index contributed by atoms with van der Waals surface area (Å²) in [6.45, 7) is 0. The molecule has 128 valence electrons. The van der Waals surface area contributed by atoms with Crippen LogP contribution in [-0.4, -0.2) is 26.3 Å². The molecule has 1 heterocycles. The van der Waals surface area contributed by atoms with Crippen molar-refractivity contribution in [2.24, 2.45) is 11.8 Å². The fraction of sp³-hybridized carbons (Fsp3) is 0.312. The number of nitrogens with zero attached hydrogens (tertiary/aromatic N) is 4. The summed E-state index contributed by atoms with van der Waals surface area (Å²) in [5.74, 6) is -3.86. The van der Waals surface area contributed by atoms with E-state index in [4.69, 9.17) is 5.26 Å². The second kappa shape index (κ2) is 6.12. The van der Waals surface area contributed by atoms with Gasteiger partial charge in [-0.2, -0.15) is 23.5 Å². The van der Waals surface area contributed by atoms with Gasteiger partial charge in [0.2, 0.25) is 0 Å². The van der Waals surface area contributed by atoms with Gasteiger partial charge in [-0.15, -0.1) is 0 Å². The Kier molecular flexibility index (Phi) is 4.12. The number of aromatic nitrogens is 3. The Balaban J connectivity index is 2.04. The number of carbonyl (C=O) groups is 2.